The Labute approximate surface area is 115 Å². The van der Waals surface area contributed by atoms with Crippen molar-refractivity contribution < 1.29 is 9.59 Å². The number of alkyl halides is 1. The van der Waals surface area contributed by atoms with Gasteiger partial charge in [-0.1, -0.05) is 35.0 Å². The maximum Gasteiger partial charge on any atom is 0.261 e. The molecule has 1 aromatic rings. The van der Waals surface area contributed by atoms with E-state index in [0.29, 0.717) is 23.6 Å². The van der Waals surface area contributed by atoms with Crippen LogP contribution in [0.5, 0.6) is 0 Å². The molecule has 0 aromatic heterocycles. The molecule has 0 aliphatic carbocycles. The van der Waals surface area contributed by atoms with Gasteiger partial charge in [-0.25, -0.2) is 0 Å². The van der Waals surface area contributed by atoms with E-state index in [-0.39, 0.29) is 11.8 Å². The predicted molar refractivity (Wildman–Crippen MR) is 74.0 cm³/mol. The minimum atomic E-state index is -0.151. The second kappa shape index (κ2) is 5.65. The van der Waals surface area contributed by atoms with E-state index in [0.717, 1.165) is 18.2 Å². The zero-order valence-corrected chi connectivity index (χ0v) is 11.9. The first-order chi connectivity index (χ1) is 8.65. The molecule has 1 aromatic carbocycles. The Kier molecular flexibility index (Phi) is 4.17. The van der Waals surface area contributed by atoms with E-state index in [1.165, 1.54) is 4.90 Å². The van der Waals surface area contributed by atoms with E-state index >= 15 is 0 Å². The van der Waals surface area contributed by atoms with Crippen molar-refractivity contribution in [2.24, 2.45) is 5.92 Å². The molecular formula is C14H16BrNO2. The number of hydrogen-bond donors (Lipinski definition) is 0. The molecule has 0 unspecified atom stereocenters. The van der Waals surface area contributed by atoms with E-state index in [1.54, 1.807) is 24.3 Å². The Morgan fingerprint density at radius 1 is 1.11 bits per heavy atom. The van der Waals surface area contributed by atoms with Crippen LogP contribution in [0.3, 0.4) is 0 Å². The number of halogens is 1. The van der Waals surface area contributed by atoms with E-state index in [1.807, 2.05) is 0 Å². The van der Waals surface area contributed by atoms with Crippen molar-refractivity contribution in [3.05, 3.63) is 35.4 Å². The zero-order chi connectivity index (χ0) is 13.1. The monoisotopic (exact) mass is 309 g/mol. The van der Waals surface area contributed by atoms with Crippen LogP contribution in [0.15, 0.2) is 24.3 Å². The second-order valence-corrected chi connectivity index (χ2v) is 5.47. The maximum absolute atomic E-state index is 12.1. The number of carbonyl (C=O) groups is 2. The van der Waals surface area contributed by atoms with Gasteiger partial charge in [0.2, 0.25) is 0 Å². The first kappa shape index (κ1) is 13.3. The minimum absolute atomic E-state index is 0.151. The van der Waals surface area contributed by atoms with Gasteiger partial charge in [0.05, 0.1) is 11.1 Å². The standard InChI is InChI=1S/C14H16BrNO2/c1-10(6-8-15)7-9-16-13(17)11-4-2-3-5-12(11)14(16)18/h2-5,10H,6-9H2,1H3/t10-/m0/s1. The molecule has 1 aliphatic heterocycles. The number of fused-ring (bicyclic) bond motifs is 1. The highest BCUT2D eigenvalue weighted by atomic mass is 79.9. The molecule has 0 spiro atoms. The Hall–Kier alpha value is -1.16. The van der Waals surface area contributed by atoms with Crippen molar-refractivity contribution in [3.63, 3.8) is 0 Å². The summed E-state index contributed by atoms with van der Waals surface area (Å²) in [4.78, 5) is 25.5. The van der Waals surface area contributed by atoms with Crippen LogP contribution in [-0.2, 0) is 0 Å². The van der Waals surface area contributed by atoms with Crippen molar-refractivity contribution in [2.45, 2.75) is 19.8 Å². The van der Waals surface area contributed by atoms with Gasteiger partial charge in [0.15, 0.2) is 0 Å². The first-order valence-electron chi connectivity index (χ1n) is 6.16. The van der Waals surface area contributed by atoms with Crippen molar-refractivity contribution >= 4 is 27.7 Å². The molecule has 1 heterocycles. The van der Waals surface area contributed by atoms with Crippen molar-refractivity contribution in [2.75, 3.05) is 11.9 Å². The second-order valence-electron chi connectivity index (χ2n) is 4.68. The summed E-state index contributed by atoms with van der Waals surface area (Å²) in [5.74, 6) is 0.206. The Balaban J connectivity index is 2.05. The zero-order valence-electron chi connectivity index (χ0n) is 10.4. The minimum Gasteiger partial charge on any atom is -0.274 e. The third kappa shape index (κ3) is 2.48. The van der Waals surface area contributed by atoms with Gasteiger partial charge in [-0.15, -0.1) is 0 Å². The summed E-state index contributed by atoms with van der Waals surface area (Å²) in [6.07, 6.45) is 1.92. The van der Waals surface area contributed by atoms with Gasteiger partial charge in [0, 0.05) is 11.9 Å². The van der Waals surface area contributed by atoms with Gasteiger partial charge < -0.3 is 0 Å². The van der Waals surface area contributed by atoms with Crippen molar-refractivity contribution in [1.82, 2.24) is 4.90 Å². The van der Waals surface area contributed by atoms with E-state index < -0.39 is 0 Å². The number of imide groups is 1. The van der Waals surface area contributed by atoms with Crippen molar-refractivity contribution in [3.8, 4) is 0 Å². The third-order valence-corrected chi connectivity index (χ3v) is 3.78. The smallest absolute Gasteiger partial charge is 0.261 e. The quantitative estimate of drug-likeness (QED) is 0.619. The third-order valence-electron chi connectivity index (χ3n) is 3.33. The number of carbonyl (C=O) groups excluding carboxylic acids is 2. The summed E-state index contributed by atoms with van der Waals surface area (Å²) < 4.78 is 0. The summed E-state index contributed by atoms with van der Waals surface area (Å²) in [6, 6.07) is 7.02. The van der Waals surface area contributed by atoms with Gasteiger partial charge in [-0.2, -0.15) is 0 Å². The first-order valence-corrected chi connectivity index (χ1v) is 7.28. The highest BCUT2D eigenvalue weighted by Gasteiger charge is 2.34. The molecule has 0 radical (unpaired) electrons. The van der Waals surface area contributed by atoms with Crippen LogP contribution in [0.1, 0.15) is 40.5 Å². The number of nitrogens with zero attached hydrogens (tertiary/aromatic N) is 1. The van der Waals surface area contributed by atoms with Gasteiger partial charge in [-0.05, 0) is 30.9 Å². The fourth-order valence-corrected chi connectivity index (χ4v) is 2.90. The van der Waals surface area contributed by atoms with Crippen LogP contribution in [0.25, 0.3) is 0 Å². The summed E-state index contributed by atoms with van der Waals surface area (Å²) in [7, 11) is 0. The SMILES string of the molecule is C[C@@H](CCBr)CCN1C(=O)c2ccccc2C1=O. The Morgan fingerprint density at radius 3 is 2.17 bits per heavy atom. The normalized spacial score (nSPS) is 16.0. The van der Waals surface area contributed by atoms with Crippen LogP contribution in [0.2, 0.25) is 0 Å². The highest BCUT2D eigenvalue weighted by molar-refractivity contribution is 9.09. The molecule has 2 amide bonds. The lowest BCUT2D eigenvalue weighted by atomic mass is 10.1. The Morgan fingerprint density at radius 2 is 1.67 bits per heavy atom. The molecule has 0 N–H and O–H groups in total. The van der Waals surface area contributed by atoms with E-state index in [9.17, 15) is 9.59 Å². The van der Waals surface area contributed by atoms with Crippen LogP contribution in [0.4, 0.5) is 0 Å². The maximum atomic E-state index is 12.1. The van der Waals surface area contributed by atoms with Crippen LogP contribution in [-0.4, -0.2) is 28.6 Å². The van der Waals surface area contributed by atoms with Crippen molar-refractivity contribution in [1.29, 1.82) is 0 Å². The van der Waals surface area contributed by atoms with Gasteiger partial charge in [0.1, 0.15) is 0 Å². The molecule has 1 atom stereocenters. The average Bonchev–Trinajstić information content (AvgIpc) is 2.61. The fraction of sp³-hybridized carbons (Fsp3) is 0.429. The fourth-order valence-electron chi connectivity index (χ4n) is 2.12. The molecule has 0 bridgehead atoms. The molecule has 18 heavy (non-hydrogen) atoms. The summed E-state index contributed by atoms with van der Waals surface area (Å²) in [5.41, 5.74) is 1.08. The largest absolute Gasteiger partial charge is 0.274 e. The molecule has 1 aliphatic rings. The summed E-state index contributed by atoms with van der Waals surface area (Å²) in [6.45, 7) is 2.65. The number of amides is 2. The molecule has 0 saturated carbocycles. The lowest BCUT2D eigenvalue weighted by Crippen LogP contribution is -2.31. The van der Waals surface area contributed by atoms with Gasteiger partial charge >= 0.3 is 0 Å². The van der Waals surface area contributed by atoms with Crippen LogP contribution in [0, 0.1) is 5.92 Å². The molecule has 0 saturated heterocycles. The molecule has 3 nitrogen and oxygen atoms in total. The van der Waals surface area contributed by atoms with Crippen LogP contribution >= 0.6 is 15.9 Å². The lowest BCUT2D eigenvalue weighted by Gasteiger charge is -2.16. The number of benzene rings is 1. The van der Waals surface area contributed by atoms with Gasteiger partial charge in [-0.3, -0.25) is 14.5 Å². The average molecular weight is 310 g/mol. The summed E-state index contributed by atoms with van der Waals surface area (Å²) in [5, 5.41) is 0.955. The number of hydrogen-bond acceptors (Lipinski definition) is 2. The van der Waals surface area contributed by atoms with E-state index in [4.69, 9.17) is 0 Å². The lowest BCUT2D eigenvalue weighted by molar-refractivity contribution is 0.0646. The summed E-state index contributed by atoms with van der Waals surface area (Å²) >= 11 is 3.40. The predicted octanol–water partition coefficient (Wildman–Crippen LogP) is 3.09. The molecule has 0 fully saturated rings. The molecular weight excluding hydrogens is 294 g/mol. The highest BCUT2D eigenvalue weighted by Crippen LogP contribution is 2.23. The van der Waals surface area contributed by atoms with Gasteiger partial charge in [0.25, 0.3) is 11.8 Å². The molecule has 4 heteroatoms. The topological polar surface area (TPSA) is 37.4 Å². The molecule has 96 valence electrons. The van der Waals surface area contributed by atoms with E-state index in [2.05, 4.69) is 22.9 Å². The molecule has 2 rings (SSSR count). The Bertz CT molecular complexity index is 438. The van der Waals surface area contributed by atoms with Crippen LogP contribution < -0.4 is 0 Å². The number of rotatable bonds is 5.